The van der Waals surface area contributed by atoms with Crippen LogP contribution in [0, 0.1) is 6.92 Å². The number of benzene rings is 3. The molecule has 3 rings (SSSR count). The molecule has 0 radical (unpaired) electrons. The zero-order valence-electron chi connectivity index (χ0n) is 18.0. The maximum Gasteiger partial charge on any atom is 0.261 e. The molecule has 8 nitrogen and oxygen atoms in total. The van der Waals surface area contributed by atoms with Crippen LogP contribution in [0.1, 0.15) is 32.7 Å². The zero-order valence-corrected chi connectivity index (χ0v) is 18.9. The zero-order chi connectivity index (χ0) is 23.8. The number of carbonyl (C=O) groups is 2. The number of anilines is 1. The molecule has 0 atom stereocenters. The number of amides is 2. The Morgan fingerprint density at radius 2 is 1.42 bits per heavy atom. The summed E-state index contributed by atoms with van der Waals surface area (Å²) in [4.78, 5) is 24.3. The molecule has 3 aromatic carbocycles. The van der Waals surface area contributed by atoms with E-state index in [9.17, 15) is 23.1 Å². The number of sulfonamides is 1. The minimum Gasteiger partial charge on any atom is -0.508 e. The van der Waals surface area contributed by atoms with Crippen LogP contribution in [-0.2, 0) is 10.0 Å². The van der Waals surface area contributed by atoms with Gasteiger partial charge in [0.25, 0.3) is 21.8 Å². The lowest BCUT2D eigenvalue weighted by Crippen LogP contribution is -2.29. The van der Waals surface area contributed by atoms with Gasteiger partial charge in [-0.25, -0.2) is 8.42 Å². The molecule has 0 saturated carbocycles. The maximum atomic E-state index is 12.5. The lowest BCUT2D eigenvalue weighted by molar-refractivity contribution is 0.0951. The summed E-state index contributed by atoms with van der Waals surface area (Å²) in [5.41, 5.74) is 2.16. The third-order valence-electron chi connectivity index (χ3n) is 4.76. The van der Waals surface area contributed by atoms with E-state index in [-0.39, 0.29) is 22.5 Å². The van der Waals surface area contributed by atoms with E-state index in [0.29, 0.717) is 36.3 Å². The van der Waals surface area contributed by atoms with E-state index in [4.69, 9.17) is 0 Å². The predicted octanol–water partition coefficient (Wildman–Crippen LogP) is 3.05. The van der Waals surface area contributed by atoms with Crippen molar-refractivity contribution in [1.29, 1.82) is 0 Å². The molecular formula is C24H25N3O5S. The van der Waals surface area contributed by atoms with Gasteiger partial charge in [0.15, 0.2) is 0 Å². The van der Waals surface area contributed by atoms with Crippen molar-refractivity contribution in [2.24, 2.45) is 0 Å². The second-order valence-electron chi connectivity index (χ2n) is 7.41. The molecule has 0 saturated heterocycles. The summed E-state index contributed by atoms with van der Waals surface area (Å²) < 4.78 is 27.6. The minimum absolute atomic E-state index is 0.0136. The number of phenols is 1. The van der Waals surface area contributed by atoms with Crippen molar-refractivity contribution in [3.63, 3.8) is 0 Å². The van der Waals surface area contributed by atoms with E-state index < -0.39 is 10.0 Å². The molecule has 0 heterocycles. The largest absolute Gasteiger partial charge is 0.508 e. The molecule has 0 aliphatic rings. The summed E-state index contributed by atoms with van der Waals surface area (Å²) in [6.07, 6.45) is 0.503. The number of hydrogen-bond acceptors (Lipinski definition) is 5. The second-order valence-corrected chi connectivity index (χ2v) is 9.09. The Kier molecular flexibility index (Phi) is 7.68. The molecule has 0 aliphatic heterocycles. The van der Waals surface area contributed by atoms with E-state index in [0.717, 1.165) is 5.56 Å². The molecule has 33 heavy (non-hydrogen) atoms. The number of hydrogen-bond donors (Lipinski definition) is 4. The quantitative estimate of drug-likeness (QED) is 0.360. The van der Waals surface area contributed by atoms with E-state index in [1.807, 2.05) is 19.1 Å². The fourth-order valence-electron chi connectivity index (χ4n) is 2.96. The summed E-state index contributed by atoms with van der Waals surface area (Å²) >= 11 is 0. The van der Waals surface area contributed by atoms with Gasteiger partial charge in [-0.05, 0) is 67.9 Å². The number of carbonyl (C=O) groups excluding carboxylic acids is 2. The monoisotopic (exact) mass is 467 g/mol. The first-order chi connectivity index (χ1) is 15.7. The molecular weight excluding hydrogens is 442 g/mol. The number of phenolic OH excluding ortho intramolecular Hbond substituents is 1. The number of nitrogens with one attached hydrogen (secondary N) is 3. The predicted molar refractivity (Wildman–Crippen MR) is 126 cm³/mol. The average molecular weight is 468 g/mol. The topological polar surface area (TPSA) is 125 Å². The second kappa shape index (κ2) is 10.6. The minimum atomic E-state index is -3.76. The molecule has 172 valence electrons. The van der Waals surface area contributed by atoms with E-state index in [2.05, 4.69) is 15.4 Å². The van der Waals surface area contributed by atoms with Gasteiger partial charge in [-0.1, -0.05) is 23.8 Å². The van der Waals surface area contributed by atoms with Crippen molar-refractivity contribution in [2.45, 2.75) is 18.2 Å². The van der Waals surface area contributed by atoms with Crippen molar-refractivity contribution in [1.82, 2.24) is 10.6 Å². The molecule has 3 aromatic rings. The highest BCUT2D eigenvalue weighted by Crippen LogP contribution is 2.17. The third kappa shape index (κ3) is 6.81. The Labute approximate surface area is 192 Å². The maximum absolute atomic E-state index is 12.5. The van der Waals surface area contributed by atoms with E-state index in [1.165, 1.54) is 36.4 Å². The highest BCUT2D eigenvalue weighted by atomic mass is 32.2. The van der Waals surface area contributed by atoms with E-state index in [1.54, 1.807) is 24.3 Å². The van der Waals surface area contributed by atoms with Gasteiger partial charge >= 0.3 is 0 Å². The van der Waals surface area contributed by atoms with Crippen molar-refractivity contribution in [2.75, 3.05) is 17.8 Å². The number of aryl methyl sites for hydroxylation is 1. The van der Waals surface area contributed by atoms with Crippen LogP contribution in [-0.4, -0.2) is 38.4 Å². The van der Waals surface area contributed by atoms with Crippen LogP contribution in [0.4, 0.5) is 5.69 Å². The van der Waals surface area contributed by atoms with Crippen molar-refractivity contribution in [3.8, 4) is 5.75 Å². The third-order valence-corrected chi connectivity index (χ3v) is 6.16. The summed E-state index contributed by atoms with van der Waals surface area (Å²) in [6, 6.07) is 18.7. The SMILES string of the molecule is Cc1ccc(NS(=O)(=O)c2ccc(C(=O)NCCCNC(=O)c3cccc(O)c3)cc2)cc1. The normalized spacial score (nSPS) is 10.9. The Hall–Kier alpha value is -3.85. The molecule has 0 aliphatic carbocycles. The number of aromatic hydroxyl groups is 1. The Morgan fingerprint density at radius 3 is 2.03 bits per heavy atom. The van der Waals surface area contributed by atoms with Crippen molar-refractivity contribution in [3.05, 3.63) is 89.5 Å². The fraction of sp³-hybridized carbons (Fsp3) is 0.167. The summed E-state index contributed by atoms with van der Waals surface area (Å²) in [7, 11) is -3.76. The van der Waals surface area contributed by atoms with Gasteiger partial charge < -0.3 is 15.7 Å². The average Bonchev–Trinajstić information content (AvgIpc) is 2.80. The van der Waals surface area contributed by atoms with Gasteiger partial charge in [0.2, 0.25) is 0 Å². The van der Waals surface area contributed by atoms with E-state index >= 15 is 0 Å². The first-order valence-corrected chi connectivity index (χ1v) is 11.8. The van der Waals surface area contributed by atoms with Gasteiger partial charge in [-0.2, -0.15) is 0 Å². The highest BCUT2D eigenvalue weighted by Gasteiger charge is 2.15. The highest BCUT2D eigenvalue weighted by molar-refractivity contribution is 7.92. The first kappa shape index (κ1) is 23.8. The molecule has 2 amide bonds. The smallest absolute Gasteiger partial charge is 0.261 e. The van der Waals surface area contributed by atoms with Gasteiger partial charge in [0.1, 0.15) is 5.75 Å². The van der Waals surface area contributed by atoms with Crippen LogP contribution >= 0.6 is 0 Å². The van der Waals surface area contributed by atoms with Crippen molar-refractivity contribution < 1.29 is 23.1 Å². The summed E-state index contributed by atoms with van der Waals surface area (Å²) in [5, 5.41) is 14.9. The Bertz CT molecular complexity index is 1220. The Balaban J connectivity index is 1.46. The van der Waals surface area contributed by atoms with Gasteiger partial charge in [-0.15, -0.1) is 0 Å². The van der Waals surface area contributed by atoms with Crippen LogP contribution in [0.3, 0.4) is 0 Å². The summed E-state index contributed by atoms with van der Waals surface area (Å²) in [5.74, 6) is -0.641. The summed E-state index contributed by atoms with van der Waals surface area (Å²) in [6.45, 7) is 2.58. The lowest BCUT2D eigenvalue weighted by atomic mass is 10.2. The molecule has 0 aromatic heterocycles. The molecule has 0 unspecified atom stereocenters. The molecule has 9 heteroatoms. The van der Waals surface area contributed by atoms with Gasteiger partial charge in [0.05, 0.1) is 4.90 Å². The lowest BCUT2D eigenvalue weighted by Gasteiger charge is -2.10. The molecule has 0 fully saturated rings. The van der Waals surface area contributed by atoms with Gasteiger partial charge in [-0.3, -0.25) is 14.3 Å². The van der Waals surface area contributed by atoms with Crippen LogP contribution < -0.4 is 15.4 Å². The van der Waals surface area contributed by atoms with Crippen LogP contribution in [0.15, 0.2) is 77.7 Å². The molecule has 0 bridgehead atoms. The number of rotatable bonds is 9. The van der Waals surface area contributed by atoms with Crippen LogP contribution in [0.2, 0.25) is 0 Å². The standard InChI is InChI=1S/C24H25N3O5S/c1-17-6-10-20(11-7-17)27-33(31,32)22-12-8-18(9-13-22)23(29)25-14-3-15-26-24(30)19-4-2-5-21(28)16-19/h2,4-13,16,27-28H,3,14-15H2,1H3,(H,25,29)(H,26,30). The molecule has 4 N–H and O–H groups in total. The fourth-order valence-corrected chi connectivity index (χ4v) is 4.02. The molecule has 0 spiro atoms. The van der Waals surface area contributed by atoms with Gasteiger partial charge in [0, 0.05) is 29.9 Å². The first-order valence-electron chi connectivity index (χ1n) is 10.3. The van der Waals surface area contributed by atoms with Crippen LogP contribution in [0.25, 0.3) is 0 Å². The van der Waals surface area contributed by atoms with Crippen molar-refractivity contribution >= 4 is 27.5 Å². The Morgan fingerprint density at radius 1 is 0.818 bits per heavy atom. The van der Waals surface area contributed by atoms with Crippen LogP contribution in [0.5, 0.6) is 5.75 Å².